The second-order valence-corrected chi connectivity index (χ2v) is 3.41. The van der Waals surface area contributed by atoms with Crippen LogP contribution in [-0.4, -0.2) is 21.5 Å². The maximum absolute atomic E-state index is 8.92. The standard InChI is InChI=1S/C10H14N2O/c1-2-12-5-8-3-10(7-13)11-4-9(8)6-12/h3-4,13H,2,5-7H2,1H3. The molecule has 2 rings (SSSR count). The van der Waals surface area contributed by atoms with Gasteiger partial charge in [-0.25, -0.2) is 0 Å². The van der Waals surface area contributed by atoms with Crippen molar-refractivity contribution in [3.8, 4) is 0 Å². The van der Waals surface area contributed by atoms with Crippen molar-refractivity contribution >= 4 is 0 Å². The van der Waals surface area contributed by atoms with Crippen molar-refractivity contribution in [1.82, 2.24) is 9.88 Å². The van der Waals surface area contributed by atoms with E-state index >= 15 is 0 Å². The van der Waals surface area contributed by atoms with Gasteiger partial charge in [0.05, 0.1) is 12.3 Å². The Morgan fingerprint density at radius 2 is 2.23 bits per heavy atom. The van der Waals surface area contributed by atoms with Crippen LogP contribution in [0.2, 0.25) is 0 Å². The zero-order valence-corrected chi connectivity index (χ0v) is 7.82. The first-order valence-electron chi connectivity index (χ1n) is 4.63. The van der Waals surface area contributed by atoms with Crippen molar-refractivity contribution in [1.29, 1.82) is 0 Å². The normalized spacial score (nSPS) is 16.2. The average Bonchev–Trinajstić information content (AvgIpc) is 2.58. The van der Waals surface area contributed by atoms with Gasteiger partial charge in [0.1, 0.15) is 0 Å². The summed E-state index contributed by atoms with van der Waals surface area (Å²) in [5.74, 6) is 0. The van der Waals surface area contributed by atoms with Crippen LogP contribution in [0.5, 0.6) is 0 Å². The first-order chi connectivity index (χ1) is 6.33. The molecule has 0 atom stereocenters. The quantitative estimate of drug-likeness (QED) is 0.731. The molecule has 0 aromatic carbocycles. The minimum atomic E-state index is 0.0411. The van der Waals surface area contributed by atoms with Crippen LogP contribution in [0.3, 0.4) is 0 Å². The van der Waals surface area contributed by atoms with E-state index in [1.165, 1.54) is 11.1 Å². The summed E-state index contributed by atoms with van der Waals surface area (Å²) in [6.07, 6.45) is 1.89. The van der Waals surface area contributed by atoms with E-state index in [9.17, 15) is 0 Å². The fourth-order valence-electron chi connectivity index (χ4n) is 1.71. The van der Waals surface area contributed by atoms with Crippen LogP contribution in [0.15, 0.2) is 12.3 Å². The molecular weight excluding hydrogens is 164 g/mol. The summed E-state index contributed by atoms with van der Waals surface area (Å²) in [6.45, 7) is 5.28. The first-order valence-corrected chi connectivity index (χ1v) is 4.63. The van der Waals surface area contributed by atoms with Crippen molar-refractivity contribution in [3.63, 3.8) is 0 Å². The highest BCUT2D eigenvalue weighted by Crippen LogP contribution is 2.21. The van der Waals surface area contributed by atoms with Crippen molar-refractivity contribution < 1.29 is 5.11 Å². The van der Waals surface area contributed by atoms with Gasteiger partial charge in [-0.2, -0.15) is 0 Å². The molecule has 1 aliphatic heterocycles. The van der Waals surface area contributed by atoms with Crippen molar-refractivity contribution in [2.45, 2.75) is 26.6 Å². The Balaban J connectivity index is 2.25. The molecule has 3 heteroatoms. The largest absolute Gasteiger partial charge is 0.390 e. The molecule has 0 spiro atoms. The maximum atomic E-state index is 8.92. The highest BCUT2D eigenvalue weighted by molar-refractivity contribution is 5.29. The highest BCUT2D eigenvalue weighted by atomic mass is 16.3. The molecule has 0 radical (unpaired) electrons. The van der Waals surface area contributed by atoms with Crippen LogP contribution in [0, 0.1) is 0 Å². The molecule has 0 aliphatic carbocycles. The molecule has 3 nitrogen and oxygen atoms in total. The molecule has 70 valence electrons. The molecule has 1 aromatic heterocycles. The zero-order chi connectivity index (χ0) is 9.26. The van der Waals surface area contributed by atoms with Crippen LogP contribution in [-0.2, 0) is 19.7 Å². The summed E-state index contributed by atoms with van der Waals surface area (Å²) in [5, 5.41) is 8.92. The lowest BCUT2D eigenvalue weighted by molar-refractivity contribution is 0.276. The summed E-state index contributed by atoms with van der Waals surface area (Å²) in [7, 11) is 0. The van der Waals surface area contributed by atoms with Gasteiger partial charge >= 0.3 is 0 Å². The third kappa shape index (κ3) is 1.57. The molecule has 0 bridgehead atoms. The summed E-state index contributed by atoms with van der Waals surface area (Å²) in [5.41, 5.74) is 3.40. The number of rotatable bonds is 2. The lowest BCUT2D eigenvalue weighted by Gasteiger charge is -2.09. The minimum absolute atomic E-state index is 0.0411. The first kappa shape index (κ1) is 8.66. The Bertz CT molecular complexity index is 312. The van der Waals surface area contributed by atoms with Crippen LogP contribution in [0.4, 0.5) is 0 Å². The van der Waals surface area contributed by atoms with Gasteiger partial charge in [0.15, 0.2) is 0 Å². The summed E-state index contributed by atoms with van der Waals surface area (Å²) < 4.78 is 0. The predicted molar refractivity (Wildman–Crippen MR) is 49.9 cm³/mol. The van der Waals surface area contributed by atoms with Gasteiger partial charge in [-0.1, -0.05) is 6.92 Å². The van der Waals surface area contributed by atoms with Gasteiger partial charge in [0.25, 0.3) is 0 Å². The SMILES string of the molecule is CCN1Cc2cnc(CO)cc2C1. The number of hydrogen-bond acceptors (Lipinski definition) is 3. The molecule has 0 fully saturated rings. The van der Waals surface area contributed by atoms with Crippen LogP contribution in [0.25, 0.3) is 0 Å². The predicted octanol–water partition coefficient (Wildman–Crippen LogP) is 0.909. The second kappa shape index (κ2) is 3.44. The third-order valence-electron chi connectivity index (χ3n) is 2.54. The van der Waals surface area contributed by atoms with E-state index in [2.05, 4.69) is 16.8 Å². The molecule has 0 saturated heterocycles. The smallest absolute Gasteiger partial charge is 0.0853 e. The highest BCUT2D eigenvalue weighted by Gasteiger charge is 2.17. The van der Waals surface area contributed by atoms with Crippen LogP contribution in [0.1, 0.15) is 23.7 Å². The van der Waals surface area contributed by atoms with E-state index in [1.807, 2.05) is 12.3 Å². The summed E-state index contributed by atoms with van der Waals surface area (Å²) in [4.78, 5) is 6.52. The number of aliphatic hydroxyl groups excluding tert-OH is 1. The average molecular weight is 178 g/mol. The van der Waals surface area contributed by atoms with E-state index in [-0.39, 0.29) is 6.61 Å². The summed E-state index contributed by atoms with van der Waals surface area (Å²) in [6, 6.07) is 2.00. The zero-order valence-electron chi connectivity index (χ0n) is 7.82. The van der Waals surface area contributed by atoms with Gasteiger partial charge < -0.3 is 5.11 Å². The number of aliphatic hydroxyl groups is 1. The Labute approximate surface area is 78.0 Å². The fourth-order valence-corrected chi connectivity index (χ4v) is 1.71. The molecule has 0 unspecified atom stereocenters. The molecule has 0 amide bonds. The minimum Gasteiger partial charge on any atom is -0.390 e. The Morgan fingerprint density at radius 1 is 1.46 bits per heavy atom. The Hall–Kier alpha value is -0.930. The topological polar surface area (TPSA) is 36.4 Å². The van der Waals surface area contributed by atoms with Crippen molar-refractivity contribution in [2.75, 3.05) is 6.54 Å². The number of nitrogens with zero attached hydrogens (tertiary/aromatic N) is 2. The number of aromatic nitrogens is 1. The maximum Gasteiger partial charge on any atom is 0.0853 e. The number of hydrogen-bond donors (Lipinski definition) is 1. The Kier molecular flexibility index (Phi) is 2.29. The number of fused-ring (bicyclic) bond motifs is 1. The monoisotopic (exact) mass is 178 g/mol. The second-order valence-electron chi connectivity index (χ2n) is 3.41. The fraction of sp³-hybridized carbons (Fsp3) is 0.500. The van der Waals surface area contributed by atoms with E-state index < -0.39 is 0 Å². The van der Waals surface area contributed by atoms with Gasteiger partial charge in [-0.05, 0) is 23.7 Å². The lowest BCUT2D eigenvalue weighted by Crippen LogP contribution is -2.14. The molecule has 1 N–H and O–H groups in total. The van der Waals surface area contributed by atoms with Crippen LogP contribution < -0.4 is 0 Å². The molecule has 1 aromatic rings. The van der Waals surface area contributed by atoms with E-state index in [4.69, 9.17) is 5.11 Å². The molecule has 13 heavy (non-hydrogen) atoms. The van der Waals surface area contributed by atoms with E-state index in [1.54, 1.807) is 0 Å². The van der Waals surface area contributed by atoms with E-state index in [0.29, 0.717) is 0 Å². The lowest BCUT2D eigenvalue weighted by atomic mass is 10.1. The van der Waals surface area contributed by atoms with Gasteiger partial charge in [0, 0.05) is 19.3 Å². The van der Waals surface area contributed by atoms with E-state index in [0.717, 1.165) is 25.3 Å². The van der Waals surface area contributed by atoms with Crippen molar-refractivity contribution in [2.24, 2.45) is 0 Å². The molecule has 2 heterocycles. The molecule has 1 aliphatic rings. The van der Waals surface area contributed by atoms with Crippen molar-refractivity contribution in [3.05, 3.63) is 29.1 Å². The molecule has 0 saturated carbocycles. The van der Waals surface area contributed by atoms with Gasteiger partial charge in [-0.15, -0.1) is 0 Å². The number of pyridine rings is 1. The molecular formula is C10H14N2O. The summed E-state index contributed by atoms with van der Waals surface area (Å²) >= 11 is 0. The third-order valence-corrected chi connectivity index (χ3v) is 2.54. The Morgan fingerprint density at radius 3 is 2.92 bits per heavy atom. The van der Waals surface area contributed by atoms with Gasteiger partial charge in [0.2, 0.25) is 0 Å². The van der Waals surface area contributed by atoms with Crippen LogP contribution >= 0.6 is 0 Å². The van der Waals surface area contributed by atoms with Gasteiger partial charge in [-0.3, -0.25) is 9.88 Å².